The largest absolute Gasteiger partial charge is 0.354 e. The number of hydrogen-bond acceptors (Lipinski definition) is 4. The van der Waals surface area contributed by atoms with Gasteiger partial charge in [-0.25, -0.2) is 0 Å². The van der Waals surface area contributed by atoms with E-state index < -0.39 is 0 Å². The molecule has 5 heteroatoms. The molecule has 5 nitrogen and oxygen atoms in total. The van der Waals surface area contributed by atoms with Gasteiger partial charge in [0.2, 0.25) is 0 Å². The van der Waals surface area contributed by atoms with Crippen molar-refractivity contribution < 1.29 is 0 Å². The summed E-state index contributed by atoms with van der Waals surface area (Å²) >= 11 is 0. The molecule has 1 aromatic rings. The highest BCUT2D eigenvalue weighted by Gasteiger charge is 2.24. The lowest BCUT2D eigenvalue weighted by atomic mass is 10.1. The lowest BCUT2D eigenvalue weighted by molar-refractivity contribution is 0.192. The fraction of sp³-hybridized carbons (Fsp3) is 0.800. The van der Waals surface area contributed by atoms with Gasteiger partial charge in [-0.3, -0.25) is 9.58 Å². The van der Waals surface area contributed by atoms with Crippen molar-refractivity contribution in [2.75, 3.05) is 37.6 Å². The van der Waals surface area contributed by atoms with Crippen LogP contribution in [0.4, 0.5) is 5.82 Å². The molecule has 114 valence electrons. The molecule has 0 saturated carbocycles. The van der Waals surface area contributed by atoms with Gasteiger partial charge in [0.05, 0.1) is 5.69 Å². The second-order valence-corrected chi connectivity index (χ2v) is 5.83. The van der Waals surface area contributed by atoms with Crippen LogP contribution in [-0.4, -0.2) is 53.4 Å². The van der Waals surface area contributed by atoms with E-state index in [2.05, 4.69) is 35.7 Å². The highest BCUT2D eigenvalue weighted by atomic mass is 15.4. The topological polar surface area (TPSA) is 50.3 Å². The molecule has 1 atom stereocenters. The predicted octanol–water partition coefficient (Wildman–Crippen LogP) is 1.15. The average molecular weight is 279 g/mol. The van der Waals surface area contributed by atoms with Crippen LogP contribution in [0.2, 0.25) is 0 Å². The van der Waals surface area contributed by atoms with Crippen LogP contribution in [0.3, 0.4) is 0 Å². The molecule has 1 fully saturated rings. The summed E-state index contributed by atoms with van der Waals surface area (Å²) in [6.07, 6.45) is 2.14. The molecule has 1 aliphatic rings. The molecular formula is C15H29N5. The van der Waals surface area contributed by atoms with Crippen molar-refractivity contribution in [3.63, 3.8) is 0 Å². The zero-order chi connectivity index (χ0) is 14.7. The van der Waals surface area contributed by atoms with Gasteiger partial charge in [0.25, 0.3) is 0 Å². The Morgan fingerprint density at radius 3 is 2.45 bits per heavy atom. The quantitative estimate of drug-likeness (QED) is 0.878. The van der Waals surface area contributed by atoms with E-state index in [1.165, 1.54) is 17.8 Å². The standard InChI is InChI=1S/C15H29N5/c1-5-12(2)19-8-10-20(11-9-19)15-14(6-7-16)13(3)17-18(15)4/h12H,5-11,16H2,1-4H3. The third-order valence-corrected chi connectivity index (χ3v) is 4.54. The number of hydrogen-bond donors (Lipinski definition) is 1. The van der Waals surface area contributed by atoms with Crippen LogP contribution in [0.1, 0.15) is 31.5 Å². The lowest BCUT2D eigenvalue weighted by Gasteiger charge is -2.39. The Balaban J connectivity index is 2.10. The Morgan fingerprint density at radius 1 is 1.25 bits per heavy atom. The van der Waals surface area contributed by atoms with Crippen LogP contribution in [-0.2, 0) is 13.5 Å². The number of rotatable bonds is 5. The van der Waals surface area contributed by atoms with Gasteiger partial charge in [0, 0.05) is 44.8 Å². The maximum absolute atomic E-state index is 5.75. The molecule has 1 unspecified atom stereocenters. The van der Waals surface area contributed by atoms with Crippen molar-refractivity contribution in [2.45, 2.75) is 39.7 Å². The zero-order valence-corrected chi connectivity index (χ0v) is 13.4. The van der Waals surface area contributed by atoms with Gasteiger partial charge in [-0.15, -0.1) is 0 Å². The Bertz CT molecular complexity index is 432. The monoisotopic (exact) mass is 279 g/mol. The molecule has 0 spiro atoms. The third-order valence-electron chi connectivity index (χ3n) is 4.54. The number of piperazine rings is 1. The fourth-order valence-corrected chi connectivity index (χ4v) is 3.16. The minimum Gasteiger partial charge on any atom is -0.354 e. The summed E-state index contributed by atoms with van der Waals surface area (Å²) < 4.78 is 2.03. The van der Waals surface area contributed by atoms with Gasteiger partial charge < -0.3 is 10.6 Å². The van der Waals surface area contributed by atoms with Gasteiger partial charge in [-0.2, -0.15) is 5.10 Å². The van der Waals surface area contributed by atoms with Crippen LogP contribution in [0.15, 0.2) is 0 Å². The first-order chi connectivity index (χ1) is 9.58. The Morgan fingerprint density at radius 2 is 1.90 bits per heavy atom. The third kappa shape index (κ3) is 2.99. The van der Waals surface area contributed by atoms with E-state index in [0.717, 1.165) is 38.3 Å². The van der Waals surface area contributed by atoms with E-state index >= 15 is 0 Å². The SMILES string of the molecule is CCC(C)N1CCN(c2c(CCN)c(C)nn2C)CC1. The summed E-state index contributed by atoms with van der Waals surface area (Å²) in [7, 11) is 2.05. The van der Waals surface area contributed by atoms with Crippen molar-refractivity contribution in [3.8, 4) is 0 Å². The van der Waals surface area contributed by atoms with Crippen molar-refractivity contribution >= 4 is 5.82 Å². The molecule has 20 heavy (non-hydrogen) atoms. The Kier molecular flexibility index (Phi) is 5.05. The Hall–Kier alpha value is -1.07. The van der Waals surface area contributed by atoms with Crippen LogP contribution in [0.25, 0.3) is 0 Å². The van der Waals surface area contributed by atoms with Crippen LogP contribution < -0.4 is 10.6 Å². The lowest BCUT2D eigenvalue weighted by Crippen LogP contribution is -2.50. The molecule has 2 heterocycles. The molecule has 1 saturated heterocycles. The second-order valence-electron chi connectivity index (χ2n) is 5.83. The molecule has 0 radical (unpaired) electrons. The summed E-state index contributed by atoms with van der Waals surface area (Å²) in [5, 5.41) is 4.58. The molecule has 2 N–H and O–H groups in total. The van der Waals surface area contributed by atoms with Gasteiger partial charge in [0.1, 0.15) is 5.82 Å². The number of nitrogens with two attached hydrogens (primary N) is 1. The summed E-state index contributed by atoms with van der Waals surface area (Å²) in [6.45, 7) is 11.8. The molecule has 0 bridgehead atoms. The van der Waals surface area contributed by atoms with Crippen LogP contribution in [0.5, 0.6) is 0 Å². The molecule has 0 aromatic carbocycles. The van der Waals surface area contributed by atoms with Crippen molar-refractivity contribution in [2.24, 2.45) is 12.8 Å². The van der Waals surface area contributed by atoms with Crippen molar-refractivity contribution in [3.05, 3.63) is 11.3 Å². The molecule has 1 aromatic heterocycles. The molecule has 2 rings (SSSR count). The summed E-state index contributed by atoms with van der Waals surface area (Å²) in [6, 6.07) is 0.689. The minimum absolute atomic E-state index is 0.687. The van der Waals surface area contributed by atoms with E-state index in [1.54, 1.807) is 0 Å². The molecule has 0 amide bonds. The number of anilines is 1. The predicted molar refractivity (Wildman–Crippen MR) is 84.2 cm³/mol. The normalized spacial score (nSPS) is 18.6. The Labute approximate surface area is 122 Å². The van der Waals surface area contributed by atoms with E-state index in [4.69, 9.17) is 5.73 Å². The van der Waals surface area contributed by atoms with Crippen LogP contribution in [0, 0.1) is 6.92 Å². The highest BCUT2D eigenvalue weighted by molar-refractivity contribution is 5.50. The molecule has 0 aliphatic carbocycles. The van der Waals surface area contributed by atoms with Crippen molar-refractivity contribution in [1.29, 1.82) is 0 Å². The van der Waals surface area contributed by atoms with E-state index in [0.29, 0.717) is 12.6 Å². The van der Waals surface area contributed by atoms with Crippen molar-refractivity contribution in [1.82, 2.24) is 14.7 Å². The molecule has 1 aliphatic heterocycles. The number of aryl methyl sites for hydroxylation is 2. The minimum atomic E-state index is 0.687. The second kappa shape index (κ2) is 6.59. The highest BCUT2D eigenvalue weighted by Crippen LogP contribution is 2.25. The maximum Gasteiger partial charge on any atom is 0.130 e. The first kappa shape index (κ1) is 15.3. The first-order valence-electron chi connectivity index (χ1n) is 7.80. The van der Waals surface area contributed by atoms with Gasteiger partial charge >= 0.3 is 0 Å². The van der Waals surface area contributed by atoms with Gasteiger partial charge in [0.15, 0.2) is 0 Å². The van der Waals surface area contributed by atoms with E-state index in [9.17, 15) is 0 Å². The maximum atomic E-state index is 5.75. The fourth-order valence-electron chi connectivity index (χ4n) is 3.16. The van der Waals surface area contributed by atoms with Gasteiger partial charge in [-0.05, 0) is 33.2 Å². The summed E-state index contributed by atoms with van der Waals surface area (Å²) in [4.78, 5) is 5.06. The number of nitrogens with zero attached hydrogens (tertiary/aromatic N) is 4. The average Bonchev–Trinajstić information content (AvgIpc) is 2.73. The summed E-state index contributed by atoms with van der Waals surface area (Å²) in [5.74, 6) is 1.27. The van der Waals surface area contributed by atoms with Gasteiger partial charge in [-0.1, -0.05) is 6.92 Å². The smallest absolute Gasteiger partial charge is 0.130 e. The van der Waals surface area contributed by atoms with E-state index in [1.807, 2.05) is 11.7 Å². The zero-order valence-electron chi connectivity index (χ0n) is 13.4. The number of aromatic nitrogens is 2. The summed E-state index contributed by atoms with van der Waals surface area (Å²) in [5.41, 5.74) is 8.20. The van der Waals surface area contributed by atoms with E-state index in [-0.39, 0.29) is 0 Å². The molecular weight excluding hydrogens is 250 g/mol. The van der Waals surface area contributed by atoms with Crippen LogP contribution >= 0.6 is 0 Å². The first-order valence-corrected chi connectivity index (χ1v) is 7.80.